The molecule has 11 heteroatoms. The van der Waals surface area contributed by atoms with Crippen molar-refractivity contribution in [2.45, 2.75) is 102 Å². The highest BCUT2D eigenvalue weighted by Crippen LogP contribution is 2.58. The molecule has 2 aromatic carbocycles. The van der Waals surface area contributed by atoms with Crippen LogP contribution in [-0.2, 0) is 16.1 Å². The quantitative estimate of drug-likeness (QED) is 0.219. The van der Waals surface area contributed by atoms with Gasteiger partial charge in [-0.25, -0.2) is 4.79 Å². The van der Waals surface area contributed by atoms with Gasteiger partial charge in [0.1, 0.15) is 5.75 Å². The van der Waals surface area contributed by atoms with Gasteiger partial charge in [0.25, 0.3) is 0 Å². The molecule has 0 unspecified atom stereocenters. The van der Waals surface area contributed by atoms with E-state index in [1.54, 1.807) is 18.2 Å². The van der Waals surface area contributed by atoms with Crippen LogP contribution in [-0.4, -0.2) is 35.7 Å². The molecule has 0 atom stereocenters. The Morgan fingerprint density at radius 3 is 2.07 bits per heavy atom. The minimum Gasteiger partial charge on any atom is -0.491 e. The van der Waals surface area contributed by atoms with E-state index in [1.165, 1.54) is 11.0 Å². The predicted octanol–water partition coefficient (Wildman–Crippen LogP) is 9.82. The van der Waals surface area contributed by atoms with Gasteiger partial charge >= 0.3 is 18.2 Å². The number of ether oxygens (including phenoxy) is 2. The van der Waals surface area contributed by atoms with Crippen molar-refractivity contribution in [2.75, 3.05) is 11.4 Å². The highest BCUT2D eigenvalue weighted by Gasteiger charge is 2.54. The van der Waals surface area contributed by atoms with Crippen LogP contribution in [0.4, 0.5) is 32.4 Å². The molecule has 3 aromatic rings. The number of hydrogen-bond acceptors (Lipinski definition) is 5. The molecule has 1 amide bonds. The van der Waals surface area contributed by atoms with E-state index < -0.39 is 40.4 Å². The van der Waals surface area contributed by atoms with Crippen LogP contribution in [0.25, 0.3) is 11.1 Å². The highest BCUT2D eigenvalue weighted by molar-refractivity contribution is 5.89. The Kier molecular flexibility index (Phi) is 8.46. The van der Waals surface area contributed by atoms with Gasteiger partial charge in [0, 0.05) is 30.6 Å². The van der Waals surface area contributed by atoms with E-state index in [4.69, 9.17) is 14.0 Å². The van der Waals surface area contributed by atoms with Crippen molar-refractivity contribution in [1.29, 1.82) is 0 Å². The van der Waals surface area contributed by atoms with Crippen molar-refractivity contribution in [3.63, 3.8) is 0 Å². The molecule has 2 bridgehead atoms. The summed E-state index contributed by atoms with van der Waals surface area (Å²) in [5, 5.41) is 4.00. The van der Waals surface area contributed by atoms with Gasteiger partial charge in [0.2, 0.25) is 11.4 Å². The third-order valence-corrected chi connectivity index (χ3v) is 9.34. The summed E-state index contributed by atoms with van der Waals surface area (Å²) >= 11 is 0. The molecule has 1 aromatic heterocycles. The Labute approximate surface area is 259 Å². The van der Waals surface area contributed by atoms with Crippen molar-refractivity contribution in [3.8, 4) is 16.9 Å². The highest BCUT2D eigenvalue weighted by atomic mass is 19.4. The summed E-state index contributed by atoms with van der Waals surface area (Å²) in [6.45, 7) is 6.45. The molecular formula is C34H39F5N2O4. The summed E-state index contributed by atoms with van der Waals surface area (Å²) in [4.78, 5) is 14.9. The first-order valence-corrected chi connectivity index (χ1v) is 15.2. The van der Waals surface area contributed by atoms with Gasteiger partial charge in [-0.2, -0.15) is 22.0 Å². The summed E-state index contributed by atoms with van der Waals surface area (Å²) in [6.07, 6.45) is -2.02. The molecule has 6 rings (SSSR count). The van der Waals surface area contributed by atoms with Gasteiger partial charge < -0.3 is 14.0 Å². The van der Waals surface area contributed by atoms with E-state index in [0.29, 0.717) is 55.7 Å². The molecule has 1 heterocycles. The van der Waals surface area contributed by atoms with Crippen molar-refractivity contribution in [1.82, 2.24) is 5.16 Å². The smallest absolute Gasteiger partial charge is 0.427 e. The fourth-order valence-corrected chi connectivity index (χ4v) is 6.40. The molecule has 3 aliphatic rings. The van der Waals surface area contributed by atoms with Crippen LogP contribution >= 0.6 is 0 Å². The van der Waals surface area contributed by atoms with Gasteiger partial charge in [0.15, 0.2) is 0 Å². The van der Waals surface area contributed by atoms with Crippen LogP contribution in [0.1, 0.15) is 84.6 Å². The Balaban J connectivity index is 1.42. The topological polar surface area (TPSA) is 64.8 Å². The lowest BCUT2D eigenvalue weighted by Crippen LogP contribution is -2.53. The summed E-state index contributed by atoms with van der Waals surface area (Å²) in [6, 6.07) is 15.9. The molecule has 3 fully saturated rings. The maximum absolute atomic E-state index is 13.8. The number of carbonyl (C=O) groups excluding carboxylic acids is 1. The third-order valence-electron chi connectivity index (χ3n) is 9.34. The van der Waals surface area contributed by atoms with Crippen LogP contribution in [0.15, 0.2) is 59.1 Å². The summed E-state index contributed by atoms with van der Waals surface area (Å²) in [7, 11) is 0. The molecule has 3 aliphatic carbocycles. The number of amides is 1. The molecule has 0 saturated heterocycles. The van der Waals surface area contributed by atoms with Gasteiger partial charge in [-0.3, -0.25) is 4.90 Å². The molecule has 244 valence electrons. The number of halogens is 5. The van der Waals surface area contributed by atoms with E-state index in [-0.39, 0.29) is 12.6 Å². The number of carbonyl (C=O) groups is 1. The number of anilines is 1. The molecular weight excluding hydrogens is 595 g/mol. The number of hydrogen-bond donors (Lipinski definition) is 0. The Hall–Kier alpha value is -3.63. The Bertz CT molecular complexity index is 1480. The molecule has 6 nitrogen and oxygen atoms in total. The molecule has 0 spiro atoms. The zero-order chi connectivity index (χ0) is 32.8. The second kappa shape index (κ2) is 11.6. The average molecular weight is 635 g/mol. The fraction of sp³-hybridized carbons (Fsp3) is 0.529. The molecule has 0 radical (unpaired) electrons. The van der Waals surface area contributed by atoms with E-state index in [0.717, 1.165) is 31.9 Å². The lowest BCUT2D eigenvalue weighted by Gasteiger charge is -2.53. The third kappa shape index (κ3) is 6.82. The van der Waals surface area contributed by atoms with Crippen molar-refractivity contribution < 1.29 is 40.7 Å². The number of aromatic nitrogens is 1. The molecule has 0 aliphatic heterocycles. The zero-order valence-corrected chi connectivity index (χ0v) is 26.1. The van der Waals surface area contributed by atoms with Crippen LogP contribution in [0.5, 0.6) is 5.75 Å². The van der Waals surface area contributed by atoms with Gasteiger partial charge in [0.05, 0.1) is 11.8 Å². The van der Waals surface area contributed by atoms with Crippen LogP contribution in [0, 0.1) is 5.41 Å². The Morgan fingerprint density at radius 1 is 0.911 bits per heavy atom. The fourth-order valence-electron chi connectivity index (χ4n) is 6.40. The Morgan fingerprint density at radius 2 is 1.53 bits per heavy atom. The zero-order valence-electron chi connectivity index (χ0n) is 26.1. The number of rotatable bonds is 9. The summed E-state index contributed by atoms with van der Waals surface area (Å²) < 4.78 is 84.9. The lowest BCUT2D eigenvalue weighted by atomic mass is 9.52. The second-order valence-electron chi connectivity index (χ2n) is 13.4. The minimum absolute atomic E-state index is 0.0123. The number of fused-ring (bicyclic) bond motifs is 3. The maximum atomic E-state index is 13.8. The maximum Gasteiger partial charge on any atom is 0.427 e. The van der Waals surface area contributed by atoms with Crippen molar-refractivity contribution >= 4 is 11.8 Å². The van der Waals surface area contributed by atoms with Crippen LogP contribution in [0.3, 0.4) is 0 Å². The SMILES string of the molecule is CC(C)Oc1ccc(-c2cccc(N(CC34CCC(c5cc(C(C)(F)F)on5)(CC3)CC4)C(=O)OC(C)(C)C(F)(F)F)c2)cc1. The van der Waals surface area contributed by atoms with Gasteiger partial charge in [-0.1, -0.05) is 29.4 Å². The molecule has 45 heavy (non-hydrogen) atoms. The van der Waals surface area contributed by atoms with E-state index in [1.807, 2.05) is 44.2 Å². The number of benzene rings is 2. The van der Waals surface area contributed by atoms with Crippen molar-refractivity contribution in [3.05, 3.63) is 66.1 Å². The largest absolute Gasteiger partial charge is 0.491 e. The van der Waals surface area contributed by atoms with E-state index >= 15 is 0 Å². The van der Waals surface area contributed by atoms with Gasteiger partial charge in [-0.05, 0) is 107 Å². The first-order chi connectivity index (χ1) is 20.9. The van der Waals surface area contributed by atoms with Crippen LogP contribution < -0.4 is 9.64 Å². The summed E-state index contributed by atoms with van der Waals surface area (Å²) in [5.74, 6) is -2.91. The van der Waals surface area contributed by atoms with E-state index in [2.05, 4.69) is 5.16 Å². The second-order valence-corrected chi connectivity index (χ2v) is 13.4. The number of alkyl halides is 5. The lowest BCUT2D eigenvalue weighted by molar-refractivity contribution is -0.243. The minimum atomic E-state index is -4.77. The molecule has 0 N–H and O–H groups in total. The first kappa shape index (κ1) is 32.8. The standard InChI is InChI=1S/C34H39F5N2O4/c1-22(2)43-26-11-9-23(10-12-26)24-7-6-8-25(19-24)41(29(42)44-30(3,4)34(37,38)39)21-32-13-16-33(17-14-32,18-15-32)27-20-28(45-40-27)31(5,35)36/h6-12,19-20,22H,13-18,21H2,1-5H3. The predicted molar refractivity (Wildman–Crippen MR) is 159 cm³/mol. The van der Waals surface area contributed by atoms with E-state index in [9.17, 15) is 26.7 Å². The molecule has 3 saturated carbocycles. The monoisotopic (exact) mass is 634 g/mol. The average Bonchev–Trinajstić information content (AvgIpc) is 3.49. The number of nitrogens with zero attached hydrogens (tertiary/aromatic N) is 2. The van der Waals surface area contributed by atoms with Gasteiger partial charge in [-0.15, -0.1) is 0 Å². The first-order valence-electron chi connectivity index (χ1n) is 15.2. The normalized spacial score (nSPS) is 22.0. The van der Waals surface area contributed by atoms with Crippen LogP contribution in [0.2, 0.25) is 0 Å². The summed E-state index contributed by atoms with van der Waals surface area (Å²) in [5.41, 5.74) is -0.965. The van der Waals surface area contributed by atoms with Crippen molar-refractivity contribution in [2.24, 2.45) is 5.41 Å².